The molecule has 2 fully saturated rings. The van der Waals surface area contributed by atoms with Gasteiger partial charge < -0.3 is 15.4 Å². The van der Waals surface area contributed by atoms with E-state index < -0.39 is 0 Å². The Morgan fingerprint density at radius 2 is 1.72 bits per heavy atom. The van der Waals surface area contributed by atoms with Gasteiger partial charge >= 0.3 is 0 Å². The van der Waals surface area contributed by atoms with Crippen molar-refractivity contribution in [1.29, 1.82) is 0 Å². The fourth-order valence-electron chi connectivity index (χ4n) is 3.17. The summed E-state index contributed by atoms with van der Waals surface area (Å²) in [6.45, 7) is 13.7. The second kappa shape index (κ2) is 13.4. The number of rotatable bonds is 5. The van der Waals surface area contributed by atoms with Gasteiger partial charge in [0.05, 0.1) is 18.8 Å². The molecule has 0 aromatic rings. The Bertz CT molecular complexity index is 369. The van der Waals surface area contributed by atoms with E-state index in [1.54, 1.807) is 0 Å². The van der Waals surface area contributed by atoms with Crippen molar-refractivity contribution in [2.75, 3.05) is 52.4 Å². The van der Waals surface area contributed by atoms with Crippen molar-refractivity contribution in [2.45, 2.75) is 45.4 Å². The van der Waals surface area contributed by atoms with Gasteiger partial charge in [0.1, 0.15) is 0 Å². The van der Waals surface area contributed by atoms with Crippen LogP contribution in [0.5, 0.6) is 0 Å². The standard InChI is InChI=1S/C16H32N4O2.3ClH/c1-4-15(17)16(21)19-7-5-18(6-8-19)11-14-12-20(13(2)3)9-10-22-14;;;/h13-15H,4-12,17H2,1-3H3;3*1H/t14?,15-;;;/m0.../s1. The SMILES string of the molecule is CC[C@H](N)C(=O)N1CCN(CC2CN(C(C)C)CCO2)CC1.Cl.Cl.Cl. The molecule has 0 spiro atoms. The number of carbonyl (C=O) groups is 1. The summed E-state index contributed by atoms with van der Waals surface area (Å²) >= 11 is 0. The minimum absolute atomic E-state index is 0. The van der Waals surface area contributed by atoms with Gasteiger partial charge in [0.2, 0.25) is 5.91 Å². The topological polar surface area (TPSA) is 62.0 Å². The molecule has 152 valence electrons. The molecule has 2 rings (SSSR count). The van der Waals surface area contributed by atoms with E-state index in [1.807, 2.05) is 11.8 Å². The monoisotopic (exact) mass is 420 g/mol. The van der Waals surface area contributed by atoms with Gasteiger partial charge in [-0.2, -0.15) is 0 Å². The van der Waals surface area contributed by atoms with Crippen molar-refractivity contribution in [3.05, 3.63) is 0 Å². The highest BCUT2D eigenvalue weighted by molar-refractivity contribution is 5.86. The molecule has 0 bridgehead atoms. The predicted octanol–water partition coefficient (Wildman–Crippen LogP) is 1.24. The largest absolute Gasteiger partial charge is 0.374 e. The Hall–Kier alpha value is 0.180. The second-order valence-electron chi connectivity index (χ2n) is 6.72. The van der Waals surface area contributed by atoms with Crippen molar-refractivity contribution in [3.63, 3.8) is 0 Å². The van der Waals surface area contributed by atoms with Crippen molar-refractivity contribution in [3.8, 4) is 0 Å². The number of piperazine rings is 1. The summed E-state index contributed by atoms with van der Waals surface area (Å²) in [5.74, 6) is 0.0991. The number of carbonyl (C=O) groups excluding carboxylic acids is 1. The third kappa shape index (κ3) is 8.16. The van der Waals surface area contributed by atoms with Crippen LogP contribution in [0.3, 0.4) is 0 Å². The molecule has 1 unspecified atom stereocenters. The molecule has 1 amide bonds. The maximum atomic E-state index is 12.1. The van der Waals surface area contributed by atoms with Gasteiger partial charge in [0.15, 0.2) is 0 Å². The zero-order valence-corrected chi connectivity index (χ0v) is 18.0. The number of amides is 1. The summed E-state index contributed by atoms with van der Waals surface area (Å²) in [5.41, 5.74) is 5.84. The van der Waals surface area contributed by atoms with Crippen LogP contribution >= 0.6 is 37.2 Å². The summed E-state index contributed by atoms with van der Waals surface area (Å²) in [5, 5.41) is 0. The lowest BCUT2D eigenvalue weighted by Gasteiger charge is -2.40. The summed E-state index contributed by atoms with van der Waals surface area (Å²) < 4.78 is 5.91. The van der Waals surface area contributed by atoms with Crippen LogP contribution in [-0.4, -0.2) is 91.2 Å². The fraction of sp³-hybridized carbons (Fsp3) is 0.938. The first-order valence-corrected chi connectivity index (χ1v) is 8.63. The van der Waals surface area contributed by atoms with Gasteiger partial charge in [-0.25, -0.2) is 0 Å². The van der Waals surface area contributed by atoms with Crippen molar-refractivity contribution >= 4 is 43.1 Å². The molecule has 2 heterocycles. The zero-order valence-electron chi connectivity index (χ0n) is 15.6. The number of nitrogens with zero attached hydrogens (tertiary/aromatic N) is 3. The van der Waals surface area contributed by atoms with Gasteiger partial charge in [-0.05, 0) is 20.3 Å². The van der Waals surface area contributed by atoms with E-state index in [0.717, 1.165) is 52.4 Å². The van der Waals surface area contributed by atoms with Gasteiger partial charge in [-0.15, -0.1) is 37.2 Å². The summed E-state index contributed by atoms with van der Waals surface area (Å²) in [7, 11) is 0. The molecular formula is C16H35Cl3N4O2. The van der Waals surface area contributed by atoms with Crippen LogP contribution in [0.25, 0.3) is 0 Å². The van der Waals surface area contributed by atoms with Crippen LogP contribution in [0, 0.1) is 0 Å². The van der Waals surface area contributed by atoms with Gasteiger partial charge in [0.25, 0.3) is 0 Å². The van der Waals surface area contributed by atoms with Crippen molar-refractivity contribution in [2.24, 2.45) is 5.73 Å². The van der Waals surface area contributed by atoms with Crippen LogP contribution < -0.4 is 5.73 Å². The van der Waals surface area contributed by atoms with Crippen LogP contribution in [-0.2, 0) is 9.53 Å². The third-order valence-corrected chi connectivity index (χ3v) is 4.80. The lowest BCUT2D eigenvalue weighted by atomic mass is 10.1. The number of hydrogen-bond donors (Lipinski definition) is 1. The quantitative estimate of drug-likeness (QED) is 0.724. The first-order chi connectivity index (χ1) is 10.5. The van der Waals surface area contributed by atoms with E-state index in [0.29, 0.717) is 12.5 Å². The first-order valence-electron chi connectivity index (χ1n) is 8.63. The van der Waals surface area contributed by atoms with Crippen LogP contribution in [0.15, 0.2) is 0 Å². The number of halogens is 3. The Morgan fingerprint density at radius 1 is 1.12 bits per heavy atom. The van der Waals surface area contributed by atoms with E-state index in [-0.39, 0.29) is 55.3 Å². The molecule has 2 saturated heterocycles. The molecule has 9 heteroatoms. The van der Waals surface area contributed by atoms with Gasteiger partial charge in [-0.1, -0.05) is 6.92 Å². The highest BCUT2D eigenvalue weighted by atomic mass is 35.5. The van der Waals surface area contributed by atoms with E-state index in [4.69, 9.17) is 10.5 Å². The van der Waals surface area contributed by atoms with Crippen LogP contribution in [0.1, 0.15) is 27.2 Å². The average Bonchev–Trinajstić information content (AvgIpc) is 2.54. The van der Waals surface area contributed by atoms with Crippen molar-refractivity contribution in [1.82, 2.24) is 14.7 Å². The zero-order chi connectivity index (χ0) is 16.1. The molecule has 0 aromatic carbocycles. The van der Waals surface area contributed by atoms with Crippen LogP contribution in [0.2, 0.25) is 0 Å². The average molecular weight is 422 g/mol. The molecule has 0 saturated carbocycles. The highest BCUT2D eigenvalue weighted by Gasteiger charge is 2.28. The predicted molar refractivity (Wildman–Crippen MR) is 109 cm³/mol. The third-order valence-electron chi connectivity index (χ3n) is 4.80. The number of ether oxygens (including phenoxy) is 1. The molecule has 0 aromatic heterocycles. The molecule has 0 aliphatic carbocycles. The molecule has 6 nitrogen and oxygen atoms in total. The Balaban J connectivity index is 0. The smallest absolute Gasteiger partial charge is 0.239 e. The van der Waals surface area contributed by atoms with E-state index in [2.05, 4.69) is 23.6 Å². The highest BCUT2D eigenvalue weighted by Crippen LogP contribution is 2.12. The molecular weight excluding hydrogens is 387 g/mol. The Morgan fingerprint density at radius 3 is 2.24 bits per heavy atom. The Labute approximate surface area is 171 Å². The molecule has 2 N–H and O–H groups in total. The summed E-state index contributed by atoms with van der Waals surface area (Å²) in [4.78, 5) is 18.9. The normalized spacial score (nSPS) is 23.2. The molecule has 25 heavy (non-hydrogen) atoms. The fourth-order valence-corrected chi connectivity index (χ4v) is 3.17. The maximum Gasteiger partial charge on any atom is 0.239 e. The van der Waals surface area contributed by atoms with E-state index in [1.165, 1.54) is 0 Å². The lowest BCUT2D eigenvalue weighted by Crippen LogP contribution is -2.56. The second-order valence-corrected chi connectivity index (χ2v) is 6.72. The molecule has 2 atom stereocenters. The first kappa shape index (κ1) is 27.4. The number of nitrogens with two attached hydrogens (primary N) is 1. The lowest BCUT2D eigenvalue weighted by molar-refractivity contribution is -0.134. The van der Waals surface area contributed by atoms with Gasteiger partial charge in [0, 0.05) is 51.9 Å². The molecule has 2 aliphatic heterocycles. The van der Waals surface area contributed by atoms with E-state index >= 15 is 0 Å². The summed E-state index contributed by atoms with van der Waals surface area (Å²) in [6.07, 6.45) is 0.997. The Kier molecular flexibility index (Phi) is 14.6. The number of morpholine rings is 1. The molecule has 2 aliphatic rings. The van der Waals surface area contributed by atoms with E-state index in [9.17, 15) is 4.79 Å². The molecule has 0 radical (unpaired) electrons. The minimum atomic E-state index is -0.340. The van der Waals surface area contributed by atoms with Crippen LogP contribution in [0.4, 0.5) is 0 Å². The van der Waals surface area contributed by atoms with Crippen molar-refractivity contribution < 1.29 is 9.53 Å². The maximum absolute atomic E-state index is 12.1. The number of hydrogen-bond acceptors (Lipinski definition) is 5. The minimum Gasteiger partial charge on any atom is -0.374 e. The van der Waals surface area contributed by atoms with Gasteiger partial charge in [-0.3, -0.25) is 14.6 Å². The summed E-state index contributed by atoms with van der Waals surface area (Å²) in [6, 6.07) is 0.240.